The van der Waals surface area contributed by atoms with Crippen LogP contribution in [0.1, 0.15) is 29.5 Å². The third kappa shape index (κ3) is 4.84. The molecule has 1 fully saturated rings. The Kier molecular flexibility index (Phi) is 5.83. The van der Waals surface area contributed by atoms with Crippen LogP contribution < -0.4 is 11.1 Å². The van der Waals surface area contributed by atoms with Crippen molar-refractivity contribution >= 4 is 18.3 Å². The largest absolute Gasteiger partial charge is 0.354 e. The number of nitrogens with two attached hydrogens (primary N) is 1. The van der Waals surface area contributed by atoms with E-state index >= 15 is 0 Å². The summed E-state index contributed by atoms with van der Waals surface area (Å²) in [7, 11) is 0. The Morgan fingerprint density at radius 3 is 2.74 bits per heavy atom. The number of hydrogen-bond acceptors (Lipinski definition) is 2. The predicted octanol–water partition coefficient (Wildman–Crippen LogP) is 2.12. The van der Waals surface area contributed by atoms with Gasteiger partial charge in [-0.3, -0.25) is 4.79 Å². The fraction of sp³-hybridized carbons (Fsp3) is 0.533. The number of halogens is 1. The maximum absolute atomic E-state index is 11.9. The van der Waals surface area contributed by atoms with Crippen molar-refractivity contribution in [2.75, 3.05) is 6.54 Å². The molecule has 1 unspecified atom stereocenters. The van der Waals surface area contributed by atoms with Crippen LogP contribution in [0, 0.1) is 19.8 Å². The molecule has 0 aliphatic heterocycles. The number of benzene rings is 1. The number of hydrogen-bond donors (Lipinski definition) is 2. The van der Waals surface area contributed by atoms with Gasteiger partial charge in [0.15, 0.2) is 0 Å². The second kappa shape index (κ2) is 6.92. The van der Waals surface area contributed by atoms with Crippen molar-refractivity contribution in [2.24, 2.45) is 11.7 Å². The van der Waals surface area contributed by atoms with Gasteiger partial charge in [0, 0.05) is 12.6 Å². The second-order valence-electron chi connectivity index (χ2n) is 5.41. The second-order valence-corrected chi connectivity index (χ2v) is 5.41. The molecule has 1 aliphatic carbocycles. The van der Waals surface area contributed by atoms with Gasteiger partial charge in [0.05, 0.1) is 6.42 Å². The van der Waals surface area contributed by atoms with Crippen LogP contribution in [0.5, 0.6) is 0 Å². The van der Waals surface area contributed by atoms with E-state index in [1.165, 1.54) is 24.0 Å². The van der Waals surface area contributed by atoms with Crippen molar-refractivity contribution in [3.05, 3.63) is 34.9 Å². The van der Waals surface area contributed by atoms with Crippen LogP contribution in [0.25, 0.3) is 0 Å². The summed E-state index contributed by atoms with van der Waals surface area (Å²) in [6.45, 7) is 4.69. The van der Waals surface area contributed by atoms with E-state index in [0.717, 1.165) is 5.56 Å². The van der Waals surface area contributed by atoms with Crippen LogP contribution >= 0.6 is 12.4 Å². The van der Waals surface area contributed by atoms with E-state index in [1.807, 2.05) is 13.8 Å². The molecule has 1 saturated carbocycles. The standard InChI is InChI=1S/C15H22N2O.ClH/c1-10-3-4-11(2)13(7-10)8-15(18)17-9-14(16)12-5-6-12;/h3-4,7,12,14H,5-6,8-9,16H2,1-2H3,(H,17,18);1H. The summed E-state index contributed by atoms with van der Waals surface area (Å²) in [6.07, 6.45) is 2.88. The Morgan fingerprint density at radius 2 is 2.11 bits per heavy atom. The number of aryl methyl sites for hydroxylation is 2. The minimum Gasteiger partial charge on any atom is -0.354 e. The van der Waals surface area contributed by atoms with E-state index in [4.69, 9.17) is 5.73 Å². The molecular formula is C15H23ClN2O. The van der Waals surface area contributed by atoms with Gasteiger partial charge in [0.1, 0.15) is 0 Å². The first kappa shape index (κ1) is 16.0. The van der Waals surface area contributed by atoms with Gasteiger partial charge in [0.2, 0.25) is 5.91 Å². The minimum atomic E-state index is 0. The van der Waals surface area contributed by atoms with E-state index in [-0.39, 0.29) is 24.4 Å². The lowest BCUT2D eigenvalue weighted by atomic mass is 10.0. The van der Waals surface area contributed by atoms with Crippen molar-refractivity contribution in [2.45, 2.75) is 39.2 Å². The van der Waals surface area contributed by atoms with Gasteiger partial charge in [-0.2, -0.15) is 0 Å². The molecule has 0 aromatic heterocycles. The fourth-order valence-corrected chi connectivity index (χ4v) is 2.15. The Hall–Kier alpha value is -1.06. The highest BCUT2D eigenvalue weighted by Gasteiger charge is 2.28. The molecule has 1 atom stereocenters. The number of rotatable bonds is 5. The minimum absolute atomic E-state index is 0. The molecule has 4 heteroatoms. The predicted molar refractivity (Wildman–Crippen MR) is 80.6 cm³/mol. The Labute approximate surface area is 121 Å². The zero-order valence-electron chi connectivity index (χ0n) is 11.6. The first-order valence-corrected chi connectivity index (χ1v) is 6.64. The monoisotopic (exact) mass is 282 g/mol. The Bertz CT molecular complexity index is 444. The lowest BCUT2D eigenvalue weighted by molar-refractivity contribution is -0.120. The molecule has 0 radical (unpaired) electrons. The number of amides is 1. The molecule has 1 aromatic carbocycles. The molecule has 0 saturated heterocycles. The Balaban J connectivity index is 0.00000180. The van der Waals surface area contributed by atoms with Crippen LogP contribution in [0.4, 0.5) is 0 Å². The van der Waals surface area contributed by atoms with E-state index in [1.54, 1.807) is 0 Å². The van der Waals surface area contributed by atoms with Gasteiger partial charge in [0.25, 0.3) is 0 Å². The van der Waals surface area contributed by atoms with E-state index in [0.29, 0.717) is 18.9 Å². The summed E-state index contributed by atoms with van der Waals surface area (Å²) in [6, 6.07) is 6.34. The van der Waals surface area contributed by atoms with E-state index < -0.39 is 0 Å². The van der Waals surface area contributed by atoms with Crippen LogP contribution in [0.2, 0.25) is 0 Å². The first-order chi connectivity index (χ1) is 8.56. The molecule has 0 bridgehead atoms. The zero-order chi connectivity index (χ0) is 13.1. The highest BCUT2D eigenvalue weighted by molar-refractivity contribution is 5.85. The lowest BCUT2D eigenvalue weighted by Crippen LogP contribution is -2.39. The molecule has 2 rings (SSSR count). The highest BCUT2D eigenvalue weighted by Crippen LogP contribution is 2.31. The normalized spacial score (nSPS) is 15.5. The lowest BCUT2D eigenvalue weighted by Gasteiger charge is -2.12. The molecule has 1 amide bonds. The van der Waals surface area contributed by atoms with Gasteiger partial charge in [-0.25, -0.2) is 0 Å². The zero-order valence-corrected chi connectivity index (χ0v) is 12.4. The molecule has 1 aromatic rings. The maximum atomic E-state index is 11.9. The summed E-state index contributed by atoms with van der Waals surface area (Å²) in [5.74, 6) is 0.700. The quantitative estimate of drug-likeness (QED) is 0.869. The van der Waals surface area contributed by atoms with Crippen LogP contribution in [0.3, 0.4) is 0 Å². The van der Waals surface area contributed by atoms with Gasteiger partial charge in [-0.1, -0.05) is 23.8 Å². The third-order valence-electron chi connectivity index (χ3n) is 3.62. The summed E-state index contributed by atoms with van der Waals surface area (Å²) in [5, 5.41) is 2.93. The average Bonchev–Trinajstić information content (AvgIpc) is 3.15. The van der Waals surface area contributed by atoms with Crippen LogP contribution in [0.15, 0.2) is 18.2 Å². The van der Waals surface area contributed by atoms with Gasteiger partial charge in [-0.05, 0) is 43.7 Å². The molecule has 0 spiro atoms. The van der Waals surface area contributed by atoms with Gasteiger partial charge in [-0.15, -0.1) is 12.4 Å². The molecule has 1 aliphatic rings. The number of carbonyl (C=O) groups is 1. The van der Waals surface area contributed by atoms with E-state index in [2.05, 4.69) is 23.5 Å². The van der Waals surface area contributed by atoms with Crippen molar-refractivity contribution in [1.82, 2.24) is 5.32 Å². The number of nitrogens with one attached hydrogen (secondary N) is 1. The van der Waals surface area contributed by atoms with E-state index in [9.17, 15) is 4.79 Å². The number of carbonyl (C=O) groups excluding carboxylic acids is 1. The molecular weight excluding hydrogens is 260 g/mol. The summed E-state index contributed by atoms with van der Waals surface area (Å²) < 4.78 is 0. The van der Waals surface area contributed by atoms with Crippen molar-refractivity contribution < 1.29 is 4.79 Å². The average molecular weight is 283 g/mol. The topological polar surface area (TPSA) is 55.1 Å². The molecule has 19 heavy (non-hydrogen) atoms. The summed E-state index contributed by atoms with van der Waals surface area (Å²) in [5.41, 5.74) is 9.43. The van der Waals surface area contributed by atoms with Crippen LogP contribution in [-0.4, -0.2) is 18.5 Å². The smallest absolute Gasteiger partial charge is 0.224 e. The molecule has 3 nitrogen and oxygen atoms in total. The SMILES string of the molecule is Cc1ccc(C)c(CC(=O)NCC(N)C2CC2)c1.Cl. The fourth-order valence-electron chi connectivity index (χ4n) is 2.15. The molecule has 3 N–H and O–H groups in total. The highest BCUT2D eigenvalue weighted by atomic mass is 35.5. The first-order valence-electron chi connectivity index (χ1n) is 6.64. The third-order valence-corrected chi connectivity index (χ3v) is 3.62. The van der Waals surface area contributed by atoms with Crippen LogP contribution in [-0.2, 0) is 11.2 Å². The van der Waals surface area contributed by atoms with Gasteiger partial charge < -0.3 is 11.1 Å². The van der Waals surface area contributed by atoms with Crippen molar-refractivity contribution in [3.8, 4) is 0 Å². The molecule has 106 valence electrons. The maximum Gasteiger partial charge on any atom is 0.224 e. The Morgan fingerprint density at radius 1 is 1.42 bits per heavy atom. The van der Waals surface area contributed by atoms with Crippen molar-refractivity contribution in [3.63, 3.8) is 0 Å². The summed E-state index contributed by atoms with van der Waals surface area (Å²) in [4.78, 5) is 11.9. The van der Waals surface area contributed by atoms with Gasteiger partial charge >= 0.3 is 0 Å². The summed E-state index contributed by atoms with van der Waals surface area (Å²) >= 11 is 0. The molecule has 0 heterocycles. The van der Waals surface area contributed by atoms with Crippen molar-refractivity contribution in [1.29, 1.82) is 0 Å².